The number of hydrogen-bond donors (Lipinski definition) is 1. The fraction of sp³-hybridized carbons (Fsp3) is 0.478. The third-order valence-corrected chi connectivity index (χ3v) is 5.51. The molecule has 1 aliphatic heterocycles. The number of fused-ring (bicyclic) bond motifs is 1. The summed E-state index contributed by atoms with van der Waals surface area (Å²) >= 11 is 0. The maximum Gasteiger partial charge on any atom is 0.222 e. The molecule has 1 atom stereocenters. The van der Waals surface area contributed by atoms with Crippen molar-refractivity contribution in [3.05, 3.63) is 42.4 Å². The van der Waals surface area contributed by atoms with E-state index in [1.807, 2.05) is 24.9 Å². The zero-order valence-electron chi connectivity index (χ0n) is 18.4. The van der Waals surface area contributed by atoms with Gasteiger partial charge in [-0.2, -0.15) is 0 Å². The van der Waals surface area contributed by atoms with E-state index in [0.29, 0.717) is 6.42 Å². The van der Waals surface area contributed by atoms with Crippen LogP contribution in [0.4, 0.5) is 5.82 Å². The molecule has 1 unspecified atom stereocenters. The highest BCUT2D eigenvalue weighted by atomic mass is 16.2. The standard InChI is InChI=1S/C23H32N6O/c1-5-7-18(19-16-20-22(23(24-4)27-19)26-11-10-25-20)9-8-17(3)28-12-14-29(15-13-28)21(30)6-2/h7-11,16-17H,5-6,12-15H2,1-4H3,(H,24,27)/b9-8-,18-7+. The number of rotatable bonds is 7. The summed E-state index contributed by atoms with van der Waals surface area (Å²) < 4.78 is 0. The molecule has 1 N–H and O–H groups in total. The largest absolute Gasteiger partial charge is 0.371 e. The quantitative estimate of drug-likeness (QED) is 0.708. The van der Waals surface area contributed by atoms with Gasteiger partial charge in [0.1, 0.15) is 5.52 Å². The molecule has 1 aliphatic rings. The van der Waals surface area contributed by atoms with Gasteiger partial charge in [-0.25, -0.2) is 9.97 Å². The second-order valence-corrected chi connectivity index (χ2v) is 7.47. The summed E-state index contributed by atoms with van der Waals surface area (Å²) in [5, 5.41) is 3.14. The van der Waals surface area contributed by atoms with E-state index in [2.05, 4.69) is 52.3 Å². The van der Waals surface area contributed by atoms with Crippen LogP contribution in [0.1, 0.15) is 39.3 Å². The van der Waals surface area contributed by atoms with Gasteiger partial charge in [0.15, 0.2) is 5.82 Å². The van der Waals surface area contributed by atoms with Crippen molar-refractivity contribution < 1.29 is 4.79 Å². The molecule has 1 saturated heterocycles. The molecule has 0 bridgehead atoms. The van der Waals surface area contributed by atoms with Gasteiger partial charge in [0, 0.05) is 58.1 Å². The van der Waals surface area contributed by atoms with Crippen LogP contribution in [0.2, 0.25) is 0 Å². The molecule has 1 fully saturated rings. The maximum atomic E-state index is 11.9. The molecular formula is C23H32N6O. The molecule has 7 heteroatoms. The van der Waals surface area contributed by atoms with Crippen LogP contribution in [0.15, 0.2) is 36.7 Å². The Kier molecular flexibility index (Phi) is 7.52. The van der Waals surface area contributed by atoms with Gasteiger partial charge in [-0.05, 0) is 25.0 Å². The van der Waals surface area contributed by atoms with Crippen molar-refractivity contribution >= 4 is 28.3 Å². The van der Waals surface area contributed by atoms with E-state index in [4.69, 9.17) is 4.98 Å². The summed E-state index contributed by atoms with van der Waals surface area (Å²) in [5.41, 5.74) is 3.56. The van der Waals surface area contributed by atoms with E-state index >= 15 is 0 Å². The first kappa shape index (κ1) is 21.9. The molecule has 160 valence electrons. The summed E-state index contributed by atoms with van der Waals surface area (Å²) in [7, 11) is 1.85. The van der Waals surface area contributed by atoms with Crippen LogP contribution in [-0.2, 0) is 4.79 Å². The molecule has 0 aromatic carbocycles. The zero-order chi connectivity index (χ0) is 21.5. The lowest BCUT2D eigenvalue weighted by molar-refractivity contribution is -0.132. The zero-order valence-corrected chi connectivity index (χ0v) is 18.4. The lowest BCUT2D eigenvalue weighted by atomic mass is 10.1. The first-order chi connectivity index (χ1) is 14.6. The number of piperazine rings is 1. The lowest BCUT2D eigenvalue weighted by Gasteiger charge is -2.37. The van der Waals surface area contributed by atoms with Crippen molar-refractivity contribution in [3.8, 4) is 0 Å². The minimum atomic E-state index is 0.247. The molecule has 0 aliphatic carbocycles. The van der Waals surface area contributed by atoms with Gasteiger partial charge >= 0.3 is 0 Å². The number of nitrogens with zero attached hydrogens (tertiary/aromatic N) is 5. The van der Waals surface area contributed by atoms with Crippen LogP contribution in [0.25, 0.3) is 16.6 Å². The molecule has 2 aromatic rings. The molecule has 2 aromatic heterocycles. The SMILES string of the molecule is CC/C=C(\C=C/C(C)N1CCN(C(=O)CC)CC1)c1cc2nccnc2c(NC)n1. The third-order valence-electron chi connectivity index (χ3n) is 5.51. The van der Waals surface area contributed by atoms with E-state index in [9.17, 15) is 4.79 Å². The van der Waals surface area contributed by atoms with Gasteiger partial charge in [0.05, 0.1) is 11.2 Å². The van der Waals surface area contributed by atoms with Crippen molar-refractivity contribution in [2.75, 3.05) is 38.5 Å². The fourth-order valence-corrected chi connectivity index (χ4v) is 3.74. The van der Waals surface area contributed by atoms with Gasteiger partial charge in [0.2, 0.25) is 5.91 Å². The number of carbonyl (C=O) groups is 1. The summed E-state index contributed by atoms with van der Waals surface area (Å²) in [6, 6.07) is 2.28. The third kappa shape index (κ3) is 5.02. The Morgan fingerprint density at radius 1 is 1.20 bits per heavy atom. The summed E-state index contributed by atoms with van der Waals surface area (Å²) in [5.74, 6) is 0.979. The van der Waals surface area contributed by atoms with Crippen LogP contribution in [0.5, 0.6) is 0 Å². The van der Waals surface area contributed by atoms with Crippen LogP contribution in [0, 0.1) is 0 Å². The molecule has 3 rings (SSSR count). The van der Waals surface area contributed by atoms with E-state index < -0.39 is 0 Å². The Morgan fingerprint density at radius 2 is 1.93 bits per heavy atom. The Bertz CT molecular complexity index is 930. The number of hydrogen-bond acceptors (Lipinski definition) is 6. The van der Waals surface area contributed by atoms with Crippen LogP contribution < -0.4 is 5.32 Å². The summed E-state index contributed by atoms with van der Waals surface area (Å²) in [6.45, 7) is 9.66. The average molecular weight is 409 g/mol. The Morgan fingerprint density at radius 3 is 2.60 bits per heavy atom. The normalized spacial score (nSPS) is 16.9. The Hall–Kier alpha value is -2.80. The second kappa shape index (κ2) is 10.3. The van der Waals surface area contributed by atoms with Crippen molar-refractivity contribution in [2.24, 2.45) is 0 Å². The van der Waals surface area contributed by atoms with Crippen molar-refractivity contribution in [1.29, 1.82) is 0 Å². The van der Waals surface area contributed by atoms with Gasteiger partial charge in [-0.15, -0.1) is 0 Å². The molecule has 0 radical (unpaired) electrons. The van der Waals surface area contributed by atoms with Gasteiger partial charge in [-0.1, -0.05) is 32.1 Å². The monoisotopic (exact) mass is 408 g/mol. The minimum Gasteiger partial charge on any atom is -0.371 e. The number of carbonyl (C=O) groups excluding carboxylic acids is 1. The van der Waals surface area contributed by atoms with E-state index in [1.165, 1.54) is 0 Å². The van der Waals surface area contributed by atoms with Gasteiger partial charge in [0.25, 0.3) is 0 Å². The number of aromatic nitrogens is 3. The number of amides is 1. The summed E-state index contributed by atoms with van der Waals surface area (Å²) in [4.78, 5) is 29.9. The Labute approximate surface area is 178 Å². The van der Waals surface area contributed by atoms with E-state index in [1.54, 1.807) is 12.4 Å². The van der Waals surface area contributed by atoms with Crippen molar-refractivity contribution in [3.63, 3.8) is 0 Å². The lowest BCUT2D eigenvalue weighted by Crippen LogP contribution is -2.50. The minimum absolute atomic E-state index is 0.247. The van der Waals surface area contributed by atoms with Crippen LogP contribution in [0.3, 0.4) is 0 Å². The molecule has 7 nitrogen and oxygen atoms in total. The van der Waals surface area contributed by atoms with Gasteiger partial charge < -0.3 is 10.2 Å². The van der Waals surface area contributed by atoms with Crippen molar-refractivity contribution in [1.82, 2.24) is 24.8 Å². The highest BCUT2D eigenvalue weighted by molar-refractivity contribution is 5.88. The van der Waals surface area contributed by atoms with Gasteiger partial charge in [-0.3, -0.25) is 14.7 Å². The topological polar surface area (TPSA) is 74.2 Å². The van der Waals surface area contributed by atoms with E-state index in [-0.39, 0.29) is 11.9 Å². The van der Waals surface area contributed by atoms with Crippen LogP contribution in [-0.4, -0.2) is 69.9 Å². The molecule has 0 saturated carbocycles. The predicted octanol–water partition coefficient (Wildman–Crippen LogP) is 3.36. The fourth-order valence-electron chi connectivity index (χ4n) is 3.74. The Balaban J connectivity index is 1.76. The average Bonchev–Trinajstić information content (AvgIpc) is 2.80. The molecule has 1 amide bonds. The molecular weight excluding hydrogens is 376 g/mol. The van der Waals surface area contributed by atoms with Crippen LogP contribution >= 0.6 is 0 Å². The number of pyridine rings is 1. The molecule has 0 spiro atoms. The maximum absolute atomic E-state index is 11.9. The smallest absolute Gasteiger partial charge is 0.222 e. The van der Waals surface area contributed by atoms with E-state index in [0.717, 1.165) is 60.7 Å². The highest BCUT2D eigenvalue weighted by Gasteiger charge is 2.22. The number of anilines is 1. The first-order valence-electron chi connectivity index (χ1n) is 10.8. The molecule has 3 heterocycles. The molecule has 30 heavy (non-hydrogen) atoms. The second-order valence-electron chi connectivity index (χ2n) is 7.47. The predicted molar refractivity (Wildman–Crippen MR) is 122 cm³/mol. The number of allylic oxidation sites excluding steroid dienone is 3. The van der Waals surface area contributed by atoms with Crippen molar-refractivity contribution in [2.45, 2.75) is 39.7 Å². The summed E-state index contributed by atoms with van der Waals surface area (Å²) in [6.07, 6.45) is 11.4. The number of nitrogens with one attached hydrogen (secondary N) is 1. The highest BCUT2D eigenvalue weighted by Crippen LogP contribution is 2.24. The first-order valence-corrected chi connectivity index (χ1v) is 10.8.